The molecule has 1 saturated heterocycles. The van der Waals surface area contributed by atoms with E-state index >= 15 is 0 Å². The number of anilines is 1. The van der Waals surface area contributed by atoms with E-state index in [0.29, 0.717) is 18.0 Å². The first kappa shape index (κ1) is 23.3. The molecule has 3 aromatic rings. The molecule has 2 aromatic carbocycles. The van der Waals surface area contributed by atoms with Crippen molar-refractivity contribution in [3.8, 4) is 5.75 Å². The Morgan fingerprint density at radius 3 is 2.52 bits per heavy atom. The summed E-state index contributed by atoms with van der Waals surface area (Å²) in [6.45, 7) is 5.54. The summed E-state index contributed by atoms with van der Waals surface area (Å²) in [5.74, 6) is 1.48. The van der Waals surface area contributed by atoms with Gasteiger partial charge in [-0.1, -0.05) is 60.6 Å². The van der Waals surface area contributed by atoms with Gasteiger partial charge in [0.25, 0.3) is 0 Å². The number of ether oxygens (including phenoxy) is 1. The van der Waals surface area contributed by atoms with E-state index in [9.17, 15) is 4.79 Å². The van der Waals surface area contributed by atoms with Gasteiger partial charge in [0, 0.05) is 0 Å². The number of piperidine rings is 1. The molecule has 4 rings (SSSR count). The van der Waals surface area contributed by atoms with Gasteiger partial charge in [0.1, 0.15) is 11.6 Å². The summed E-state index contributed by atoms with van der Waals surface area (Å²) in [5.41, 5.74) is 1.85. The highest BCUT2D eigenvalue weighted by atomic mass is 32.2. The van der Waals surface area contributed by atoms with E-state index in [2.05, 4.69) is 37.1 Å². The fourth-order valence-corrected chi connectivity index (χ4v) is 4.83. The Balaban J connectivity index is 1.51. The zero-order chi connectivity index (χ0) is 23.0. The van der Waals surface area contributed by atoms with Crippen LogP contribution in [0.1, 0.15) is 37.6 Å². The number of amides is 1. The van der Waals surface area contributed by atoms with Crippen LogP contribution in [0.15, 0.2) is 59.8 Å². The molecule has 0 aliphatic carbocycles. The van der Waals surface area contributed by atoms with E-state index in [0.717, 1.165) is 30.6 Å². The molecule has 1 N–H and O–H groups in total. The zero-order valence-electron chi connectivity index (χ0n) is 19.2. The maximum Gasteiger partial charge on any atom is 0.237 e. The van der Waals surface area contributed by atoms with Crippen LogP contribution < -0.4 is 10.1 Å². The number of para-hydroxylation sites is 2. The number of rotatable bonds is 9. The first-order chi connectivity index (χ1) is 16.1. The summed E-state index contributed by atoms with van der Waals surface area (Å²) < 4.78 is 7.51. The third-order valence-corrected chi connectivity index (χ3v) is 6.89. The molecule has 0 spiro atoms. The molecule has 2 heterocycles. The molecule has 0 radical (unpaired) electrons. The monoisotopic (exact) mass is 465 g/mol. The van der Waals surface area contributed by atoms with Crippen LogP contribution >= 0.6 is 11.8 Å². The average Bonchev–Trinajstić information content (AvgIpc) is 3.21. The Morgan fingerprint density at radius 1 is 1.03 bits per heavy atom. The van der Waals surface area contributed by atoms with Crippen molar-refractivity contribution < 1.29 is 9.53 Å². The lowest BCUT2D eigenvalue weighted by molar-refractivity contribution is -0.115. The van der Waals surface area contributed by atoms with E-state index < -0.39 is 0 Å². The molecule has 33 heavy (non-hydrogen) atoms. The number of hydrogen-bond acceptors (Lipinski definition) is 6. The minimum atomic E-state index is -0.350. The lowest BCUT2D eigenvalue weighted by Gasteiger charge is -2.26. The number of hydrogen-bond donors (Lipinski definition) is 1. The Kier molecular flexibility index (Phi) is 8.01. The zero-order valence-corrected chi connectivity index (χ0v) is 20.1. The summed E-state index contributed by atoms with van der Waals surface area (Å²) in [7, 11) is 1.60. The topological polar surface area (TPSA) is 72.3 Å². The van der Waals surface area contributed by atoms with Crippen LogP contribution in [-0.2, 0) is 17.9 Å². The van der Waals surface area contributed by atoms with Gasteiger partial charge in [-0.05, 0) is 50.6 Å². The first-order valence-corrected chi connectivity index (χ1v) is 12.3. The Morgan fingerprint density at radius 2 is 1.76 bits per heavy atom. The minimum absolute atomic E-state index is 0.101. The predicted octanol–water partition coefficient (Wildman–Crippen LogP) is 4.44. The molecular weight excluding hydrogens is 434 g/mol. The summed E-state index contributed by atoms with van der Waals surface area (Å²) in [5, 5.41) is 12.4. The van der Waals surface area contributed by atoms with Crippen molar-refractivity contribution in [2.24, 2.45) is 0 Å². The van der Waals surface area contributed by atoms with Gasteiger partial charge in [-0.2, -0.15) is 0 Å². The largest absolute Gasteiger partial charge is 0.495 e. The molecule has 1 fully saturated rings. The molecular formula is C25H31N5O2S. The van der Waals surface area contributed by atoms with Gasteiger partial charge < -0.3 is 14.6 Å². The SMILES string of the molecule is COc1ccccc1NC(=O)C(C)Sc1nnc(CN2CCCCC2)n1Cc1ccccc1. The molecule has 0 saturated carbocycles. The van der Waals surface area contributed by atoms with Crippen LogP contribution in [0.5, 0.6) is 5.75 Å². The molecule has 1 amide bonds. The standard InChI is InChI=1S/C25H31N5O2S/c1-19(24(31)26-21-13-7-8-14-22(21)32-2)33-25-28-27-23(18-29-15-9-4-10-16-29)30(25)17-20-11-5-3-6-12-20/h3,5-8,11-14,19H,4,9-10,15-18H2,1-2H3,(H,26,31). The molecule has 1 atom stereocenters. The van der Waals surface area contributed by atoms with Gasteiger partial charge in [0.15, 0.2) is 5.16 Å². The number of methoxy groups -OCH3 is 1. The number of thioether (sulfide) groups is 1. The molecule has 8 heteroatoms. The van der Waals surface area contributed by atoms with Gasteiger partial charge in [-0.25, -0.2) is 0 Å². The second kappa shape index (κ2) is 11.3. The second-order valence-electron chi connectivity index (χ2n) is 8.26. The Labute approximate surface area is 199 Å². The molecule has 7 nitrogen and oxygen atoms in total. The summed E-state index contributed by atoms with van der Waals surface area (Å²) in [6.07, 6.45) is 3.76. The van der Waals surface area contributed by atoms with Gasteiger partial charge in [-0.3, -0.25) is 9.69 Å². The van der Waals surface area contributed by atoms with E-state index in [1.807, 2.05) is 49.4 Å². The lowest BCUT2D eigenvalue weighted by Crippen LogP contribution is -2.30. The molecule has 1 unspecified atom stereocenters. The Hall–Kier alpha value is -2.84. The maximum atomic E-state index is 12.9. The van der Waals surface area contributed by atoms with Crippen molar-refractivity contribution in [3.05, 3.63) is 66.0 Å². The third kappa shape index (κ3) is 6.15. The van der Waals surface area contributed by atoms with Crippen LogP contribution in [0.4, 0.5) is 5.69 Å². The van der Waals surface area contributed by atoms with Crippen molar-refractivity contribution in [2.45, 2.75) is 49.7 Å². The average molecular weight is 466 g/mol. The summed E-state index contributed by atoms with van der Waals surface area (Å²) in [6, 6.07) is 17.7. The molecule has 1 aromatic heterocycles. The number of nitrogens with zero attached hydrogens (tertiary/aromatic N) is 4. The number of carbonyl (C=O) groups is 1. The van der Waals surface area contributed by atoms with Crippen LogP contribution in [0.25, 0.3) is 0 Å². The molecule has 1 aliphatic rings. The number of benzene rings is 2. The number of likely N-dealkylation sites (tertiary alicyclic amines) is 1. The van der Waals surface area contributed by atoms with Crippen molar-refractivity contribution in [3.63, 3.8) is 0 Å². The number of aromatic nitrogens is 3. The highest BCUT2D eigenvalue weighted by molar-refractivity contribution is 8.00. The van der Waals surface area contributed by atoms with Crippen molar-refractivity contribution >= 4 is 23.4 Å². The van der Waals surface area contributed by atoms with E-state index in [1.54, 1.807) is 7.11 Å². The van der Waals surface area contributed by atoms with Gasteiger partial charge in [-0.15, -0.1) is 10.2 Å². The van der Waals surface area contributed by atoms with Crippen LogP contribution in [0.2, 0.25) is 0 Å². The quantitative estimate of drug-likeness (QED) is 0.471. The van der Waals surface area contributed by atoms with Crippen molar-refractivity contribution in [1.82, 2.24) is 19.7 Å². The fourth-order valence-electron chi connectivity index (χ4n) is 3.96. The number of nitrogens with one attached hydrogen (secondary N) is 1. The smallest absolute Gasteiger partial charge is 0.237 e. The van der Waals surface area contributed by atoms with E-state index in [-0.39, 0.29) is 11.2 Å². The van der Waals surface area contributed by atoms with Crippen LogP contribution in [0.3, 0.4) is 0 Å². The van der Waals surface area contributed by atoms with Crippen molar-refractivity contribution in [1.29, 1.82) is 0 Å². The molecule has 1 aliphatic heterocycles. The second-order valence-corrected chi connectivity index (χ2v) is 9.56. The molecule has 174 valence electrons. The van der Waals surface area contributed by atoms with Gasteiger partial charge >= 0.3 is 0 Å². The first-order valence-electron chi connectivity index (χ1n) is 11.4. The Bertz CT molecular complexity index is 1050. The number of carbonyl (C=O) groups excluding carboxylic acids is 1. The maximum absolute atomic E-state index is 12.9. The lowest BCUT2D eigenvalue weighted by atomic mass is 10.1. The van der Waals surface area contributed by atoms with Crippen molar-refractivity contribution in [2.75, 3.05) is 25.5 Å². The minimum Gasteiger partial charge on any atom is -0.495 e. The van der Waals surface area contributed by atoms with E-state index in [1.165, 1.54) is 36.6 Å². The molecule has 0 bridgehead atoms. The predicted molar refractivity (Wildman–Crippen MR) is 132 cm³/mol. The normalized spacial score (nSPS) is 15.2. The summed E-state index contributed by atoms with van der Waals surface area (Å²) in [4.78, 5) is 15.4. The highest BCUT2D eigenvalue weighted by Crippen LogP contribution is 2.28. The van der Waals surface area contributed by atoms with E-state index in [4.69, 9.17) is 4.74 Å². The van der Waals surface area contributed by atoms with Crippen LogP contribution in [-0.4, -0.2) is 51.0 Å². The summed E-state index contributed by atoms with van der Waals surface area (Å²) >= 11 is 1.43. The van der Waals surface area contributed by atoms with Gasteiger partial charge in [0.2, 0.25) is 5.91 Å². The van der Waals surface area contributed by atoms with Gasteiger partial charge in [0.05, 0.1) is 31.1 Å². The van der Waals surface area contributed by atoms with Crippen LogP contribution in [0, 0.1) is 0 Å². The fraction of sp³-hybridized carbons (Fsp3) is 0.400. The highest BCUT2D eigenvalue weighted by Gasteiger charge is 2.22. The third-order valence-electron chi connectivity index (χ3n) is 5.81.